The van der Waals surface area contributed by atoms with Crippen molar-refractivity contribution in [3.05, 3.63) is 89.2 Å². The van der Waals surface area contributed by atoms with E-state index in [2.05, 4.69) is 39.6 Å². The van der Waals surface area contributed by atoms with Crippen LogP contribution in [0.15, 0.2) is 66.9 Å². The van der Waals surface area contributed by atoms with Crippen molar-refractivity contribution in [3.8, 4) is 0 Å². The van der Waals surface area contributed by atoms with Crippen LogP contribution in [-0.4, -0.2) is 10.6 Å². The van der Waals surface area contributed by atoms with Gasteiger partial charge in [-0.3, -0.25) is 0 Å². The van der Waals surface area contributed by atoms with Crippen LogP contribution in [0.2, 0.25) is 0 Å². The highest BCUT2D eigenvalue weighted by Gasteiger charge is 2.14. The van der Waals surface area contributed by atoms with Gasteiger partial charge >= 0.3 is 6.03 Å². The van der Waals surface area contributed by atoms with E-state index in [1.165, 1.54) is 29.5 Å². The Labute approximate surface area is 160 Å². The lowest BCUT2D eigenvalue weighted by Gasteiger charge is -2.19. The molecule has 0 bridgehead atoms. The number of nitrogens with zero attached hydrogens (tertiary/aromatic N) is 1. The third kappa shape index (κ3) is 4.22. The quantitative estimate of drug-likeness (QED) is 0.679. The van der Waals surface area contributed by atoms with Gasteiger partial charge in [0.05, 0.1) is 6.54 Å². The Morgan fingerprint density at radius 3 is 2.67 bits per heavy atom. The molecular weight excluding hydrogens is 334 g/mol. The molecule has 1 heterocycles. The van der Waals surface area contributed by atoms with Crippen molar-refractivity contribution >= 4 is 11.7 Å². The lowest BCUT2D eigenvalue weighted by Crippen LogP contribution is -2.29. The first-order chi connectivity index (χ1) is 13.3. The van der Waals surface area contributed by atoms with Crippen LogP contribution >= 0.6 is 0 Å². The van der Waals surface area contributed by atoms with Crippen LogP contribution < -0.4 is 10.6 Å². The number of aromatic nitrogens is 1. The van der Waals surface area contributed by atoms with E-state index >= 15 is 0 Å². The van der Waals surface area contributed by atoms with Crippen molar-refractivity contribution < 1.29 is 4.79 Å². The summed E-state index contributed by atoms with van der Waals surface area (Å²) in [6, 6.07) is 20.5. The number of fused-ring (bicyclic) bond motifs is 1. The summed E-state index contributed by atoms with van der Waals surface area (Å²) in [5, 5.41) is 6.04. The maximum atomic E-state index is 12.4. The highest BCUT2D eigenvalue weighted by atomic mass is 16.2. The number of anilines is 1. The summed E-state index contributed by atoms with van der Waals surface area (Å²) >= 11 is 0. The summed E-state index contributed by atoms with van der Waals surface area (Å²) in [4.78, 5) is 12.4. The maximum Gasteiger partial charge on any atom is 0.319 e. The van der Waals surface area contributed by atoms with Gasteiger partial charge in [0.2, 0.25) is 0 Å². The van der Waals surface area contributed by atoms with Gasteiger partial charge in [0.1, 0.15) is 0 Å². The molecule has 27 heavy (non-hydrogen) atoms. The molecule has 4 rings (SSSR count). The Morgan fingerprint density at radius 1 is 0.926 bits per heavy atom. The lowest BCUT2D eigenvalue weighted by atomic mass is 9.90. The van der Waals surface area contributed by atoms with Crippen molar-refractivity contribution in [2.45, 2.75) is 38.8 Å². The molecule has 2 N–H and O–H groups in total. The Kier molecular flexibility index (Phi) is 5.24. The molecule has 3 aromatic rings. The van der Waals surface area contributed by atoms with Crippen molar-refractivity contribution in [1.29, 1.82) is 0 Å². The molecule has 0 spiro atoms. The minimum absolute atomic E-state index is 0.151. The molecule has 2 amide bonds. The van der Waals surface area contributed by atoms with Crippen LogP contribution in [0.5, 0.6) is 0 Å². The van der Waals surface area contributed by atoms with E-state index in [1.807, 2.05) is 42.5 Å². The molecule has 1 aliphatic carbocycles. The Bertz CT molecular complexity index is 914. The average molecular weight is 359 g/mol. The third-order valence-corrected chi connectivity index (χ3v) is 5.19. The minimum Gasteiger partial charge on any atom is -0.345 e. The van der Waals surface area contributed by atoms with Crippen molar-refractivity contribution in [3.63, 3.8) is 0 Å². The zero-order valence-electron chi connectivity index (χ0n) is 15.4. The molecule has 0 saturated carbocycles. The fourth-order valence-corrected chi connectivity index (χ4v) is 3.78. The zero-order chi connectivity index (χ0) is 18.5. The average Bonchev–Trinajstić information content (AvgIpc) is 3.14. The van der Waals surface area contributed by atoms with Crippen LogP contribution in [-0.2, 0) is 25.9 Å². The van der Waals surface area contributed by atoms with Gasteiger partial charge < -0.3 is 15.2 Å². The first-order valence-electron chi connectivity index (χ1n) is 9.63. The van der Waals surface area contributed by atoms with E-state index in [1.54, 1.807) is 0 Å². The second-order valence-corrected chi connectivity index (χ2v) is 7.07. The molecule has 4 heteroatoms. The SMILES string of the molecule is O=C(NCc1cccn1Cc1ccccc1)Nc1cccc2c1CCCC2. The summed E-state index contributed by atoms with van der Waals surface area (Å²) in [6.45, 7) is 1.30. The van der Waals surface area contributed by atoms with Crippen LogP contribution in [0, 0.1) is 0 Å². The normalized spacial score (nSPS) is 13.0. The van der Waals surface area contributed by atoms with Crippen LogP contribution in [0.4, 0.5) is 10.5 Å². The van der Waals surface area contributed by atoms with Gasteiger partial charge in [-0.2, -0.15) is 0 Å². The van der Waals surface area contributed by atoms with E-state index in [0.717, 1.165) is 30.8 Å². The largest absolute Gasteiger partial charge is 0.345 e. The number of rotatable bonds is 5. The van der Waals surface area contributed by atoms with Crippen molar-refractivity contribution in [1.82, 2.24) is 9.88 Å². The Hall–Kier alpha value is -3.01. The number of hydrogen-bond acceptors (Lipinski definition) is 1. The molecule has 0 radical (unpaired) electrons. The maximum absolute atomic E-state index is 12.4. The molecule has 0 saturated heterocycles. The van der Waals surface area contributed by atoms with Crippen molar-refractivity contribution in [2.24, 2.45) is 0 Å². The molecule has 0 fully saturated rings. The topological polar surface area (TPSA) is 46.1 Å². The fourth-order valence-electron chi connectivity index (χ4n) is 3.78. The fraction of sp³-hybridized carbons (Fsp3) is 0.261. The number of benzene rings is 2. The van der Waals surface area contributed by atoms with E-state index < -0.39 is 0 Å². The molecular formula is C23H25N3O. The van der Waals surface area contributed by atoms with E-state index in [-0.39, 0.29) is 6.03 Å². The van der Waals surface area contributed by atoms with Crippen LogP contribution in [0.1, 0.15) is 35.2 Å². The van der Waals surface area contributed by atoms with E-state index in [4.69, 9.17) is 0 Å². The second kappa shape index (κ2) is 8.12. The van der Waals surface area contributed by atoms with Crippen LogP contribution in [0.3, 0.4) is 0 Å². The Morgan fingerprint density at radius 2 is 1.78 bits per heavy atom. The molecule has 138 valence electrons. The molecule has 2 aromatic carbocycles. The Balaban J connectivity index is 1.37. The molecule has 0 aliphatic heterocycles. The van der Waals surface area contributed by atoms with Gasteiger partial charge in [0.25, 0.3) is 0 Å². The van der Waals surface area contributed by atoms with Gasteiger partial charge in [-0.05, 0) is 60.6 Å². The predicted octanol–water partition coefficient (Wildman–Crippen LogP) is 4.74. The number of hydrogen-bond donors (Lipinski definition) is 2. The number of urea groups is 1. The summed E-state index contributed by atoms with van der Waals surface area (Å²) in [6.07, 6.45) is 6.64. The lowest BCUT2D eigenvalue weighted by molar-refractivity contribution is 0.251. The third-order valence-electron chi connectivity index (χ3n) is 5.19. The number of nitrogens with one attached hydrogen (secondary N) is 2. The van der Waals surface area contributed by atoms with E-state index in [0.29, 0.717) is 6.54 Å². The number of carbonyl (C=O) groups is 1. The molecule has 4 nitrogen and oxygen atoms in total. The molecule has 0 unspecified atom stereocenters. The number of amides is 2. The van der Waals surface area contributed by atoms with Gasteiger partial charge in [-0.25, -0.2) is 4.79 Å². The summed E-state index contributed by atoms with van der Waals surface area (Å²) < 4.78 is 2.17. The summed E-state index contributed by atoms with van der Waals surface area (Å²) in [7, 11) is 0. The first kappa shape index (κ1) is 17.4. The van der Waals surface area contributed by atoms with Gasteiger partial charge in [-0.15, -0.1) is 0 Å². The molecule has 1 aromatic heterocycles. The number of carbonyl (C=O) groups excluding carboxylic acids is 1. The van der Waals surface area contributed by atoms with E-state index in [9.17, 15) is 4.79 Å². The first-order valence-corrected chi connectivity index (χ1v) is 9.63. The monoisotopic (exact) mass is 359 g/mol. The van der Waals surface area contributed by atoms with Gasteiger partial charge in [0.15, 0.2) is 0 Å². The number of aryl methyl sites for hydroxylation is 1. The predicted molar refractivity (Wildman–Crippen MR) is 109 cm³/mol. The van der Waals surface area contributed by atoms with Crippen molar-refractivity contribution in [2.75, 3.05) is 5.32 Å². The molecule has 1 aliphatic rings. The van der Waals surface area contributed by atoms with Gasteiger partial charge in [-0.1, -0.05) is 42.5 Å². The summed E-state index contributed by atoms with van der Waals surface area (Å²) in [5.41, 5.74) is 5.95. The second-order valence-electron chi connectivity index (χ2n) is 7.07. The highest BCUT2D eigenvalue weighted by Crippen LogP contribution is 2.27. The standard InChI is InChI=1S/C23H25N3O/c27-23(25-22-14-6-11-19-10-4-5-13-21(19)22)24-16-20-12-7-15-26(20)17-18-8-2-1-3-9-18/h1-3,6-9,11-12,14-15H,4-5,10,13,16-17H2,(H2,24,25,27). The smallest absolute Gasteiger partial charge is 0.319 e. The minimum atomic E-state index is -0.151. The van der Waals surface area contributed by atoms with Crippen LogP contribution in [0.25, 0.3) is 0 Å². The summed E-state index contributed by atoms with van der Waals surface area (Å²) in [5.74, 6) is 0. The molecule has 0 atom stereocenters. The zero-order valence-corrected chi connectivity index (χ0v) is 15.4. The highest BCUT2D eigenvalue weighted by molar-refractivity contribution is 5.90. The van der Waals surface area contributed by atoms with Gasteiger partial charge in [0, 0.05) is 24.1 Å².